The van der Waals surface area contributed by atoms with Crippen molar-refractivity contribution in [2.45, 2.75) is 31.7 Å². The number of hydrogen-bond donors (Lipinski definition) is 2. The SMILES string of the molecule is C/C(O)=C/C(O)(N1CCCC1)C(F)(F)F. The number of aliphatic hydroxyl groups excluding tert-OH is 1. The number of rotatable bonds is 2. The Morgan fingerprint density at radius 3 is 2.07 bits per heavy atom. The van der Waals surface area contributed by atoms with Gasteiger partial charge >= 0.3 is 6.18 Å². The van der Waals surface area contributed by atoms with Crippen LogP contribution >= 0.6 is 0 Å². The Morgan fingerprint density at radius 1 is 1.27 bits per heavy atom. The zero-order valence-electron chi connectivity index (χ0n) is 8.38. The number of likely N-dealkylation sites (tertiary alicyclic amines) is 1. The average molecular weight is 225 g/mol. The van der Waals surface area contributed by atoms with Gasteiger partial charge in [0.05, 0.1) is 5.76 Å². The van der Waals surface area contributed by atoms with Crippen molar-refractivity contribution in [3.05, 3.63) is 11.8 Å². The van der Waals surface area contributed by atoms with Gasteiger partial charge in [-0.15, -0.1) is 0 Å². The van der Waals surface area contributed by atoms with Crippen LogP contribution in [0, 0.1) is 0 Å². The summed E-state index contributed by atoms with van der Waals surface area (Å²) in [6.45, 7) is 1.46. The van der Waals surface area contributed by atoms with Crippen LogP contribution in [0.1, 0.15) is 19.8 Å². The lowest BCUT2D eigenvalue weighted by molar-refractivity contribution is -0.290. The molecule has 88 valence electrons. The molecule has 6 heteroatoms. The number of nitrogens with zero attached hydrogens (tertiary/aromatic N) is 1. The molecule has 0 amide bonds. The van der Waals surface area contributed by atoms with E-state index in [-0.39, 0.29) is 13.1 Å². The molecule has 1 unspecified atom stereocenters. The Kier molecular flexibility index (Phi) is 3.30. The Labute approximate surface area is 85.8 Å². The molecular weight excluding hydrogens is 211 g/mol. The minimum Gasteiger partial charge on any atom is -0.513 e. The van der Waals surface area contributed by atoms with E-state index in [0.29, 0.717) is 18.9 Å². The second-order valence-electron chi connectivity index (χ2n) is 3.70. The zero-order valence-corrected chi connectivity index (χ0v) is 8.38. The van der Waals surface area contributed by atoms with Crippen LogP contribution in [0.2, 0.25) is 0 Å². The highest BCUT2D eigenvalue weighted by Crippen LogP contribution is 2.37. The lowest BCUT2D eigenvalue weighted by atomic mass is 10.1. The molecule has 0 aromatic carbocycles. The third-order valence-electron chi connectivity index (χ3n) is 2.42. The second-order valence-corrected chi connectivity index (χ2v) is 3.70. The monoisotopic (exact) mass is 225 g/mol. The molecule has 15 heavy (non-hydrogen) atoms. The van der Waals surface area contributed by atoms with Crippen molar-refractivity contribution in [2.24, 2.45) is 0 Å². The van der Waals surface area contributed by atoms with E-state index >= 15 is 0 Å². The molecule has 1 heterocycles. The van der Waals surface area contributed by atoms with Gasteiger partial charge in [-0.3, -0.25) is 4.90 Å². The maximum atomic E-state index is 12.7. The highest BCUT2D eigenvalue weighted by molar-refractivity contribution is 5.08. The normalized spacial score (nSPS) is 24.2. The maximum Gasteiger partial charge on any atom is 0.435 e. The van der Waals surface area contributed by atoms with E-state index in [9.17, 15) is 18.3 Å². The van der Waals surface area contributed by atoms with Crippen LogP contribution in [0.15, 0.2) is 11.8 Å². The molecule has 3 nitrogen and oxygen atoms in total. The van der Waals surface area contributed by atoms with Gasteiger partial charge in [-0.25, -0.2) is 0 Å². The van der Waals surface area contributed by atoms with Gasteiger partial charge in [-0.2, -0.15) is 13.2 Å². The molecule has 1 atom stereocenters. The topological polar surface area (TPSA) is 43.7 Å². The Bertz CT molecular complexity index is 255. The first-order valence-corrected chi connectivity index (χ1v) is 4.70. The lowest BCUT2D eigenvalue weighted by Crippen LogP contribution is -2.56. The van der Waals surface area contributed by atoms with Gasteiger partial charge in [0.2, 0.25) is 5.72 Å². The molecule has 0 saturated carbocycles. The van der Waals surface area contributed by atoms with Crippen molar-refractivity contribution in [1.29, 1.82) is 0 Å². The highest BCUT2D eigenvalue weighted by Gasteiger charge is 2.57. The van der Waals surface area contributed by atoms with E-state index in [1.807, 2.05) is 0 Å². The average Bonchev–Trinajstić information content (AvgIpc) is 2.51. The van der Waals surface area contributed by atoms with Crippen LogP contribution in [0.5, 0.6) is 0 Å². The molecular formula is C9H14F3NO2. The van der Waals surface area contributed by atoms with Gasteiger partial charge in [0.25, 0.3) is 0 Å². The van der Waals surface area contributed by atoms with Crippen LogP contribution in [0.4, 0.5) is 13.2 Å². The fourth-order valence-corrected chi connectivity index (χ4v) is 1.70. The molecule has 1 aliphatic rings. The van der Waals surface area contributed by atoms with Gasteiger partial charge in [0.15, 0.2) is 0 Å². The van der Waals surface area contributed by atoms with Gasteiger partial charge in [-0.05, 0) is 19.8 Å². The number of allylic oxidation sites excluding steroid dienone is 1. The lowest BCUT2D eigenvalue weighted by Gasteiger charge is -2.35. The van der Waals surface area contributed by atoms with Gasteiger partial charge in [0, 0.05) is 19.2 Å². The second kappa shape index (κ2) is 4.02. The first kappa shape index (κ1) is 12.3. The van der Waals surface area contributed by atoms with E-state index in [2.05, 4.69) is 0 Å². The fourth-order valence-electron chi connectivity index (χ4n) is 1.70. The highest BCUT2D eigenvalue weighted by atomic mass is 19.4. The standard InChI is InChI=1S/C9H14F3NO2/c1-7(14)6-8(15,9(10,11)12)13-4-2-3-5-13/h6,14-15H,2-5H2,1H3/b7-6-. The summed E-state index contributed by atoms with van der Waals surface area (Å²) < 4.78 is 38.0. The van der Waals surface area contributed by atoms with Crippen LogP contribution in [0.25, 0.3) is 0 Å². The van der Waals surface area contributed by atoms with Crippen LogP contribution < -0.4 is 0 Å². The van der Waals surface area contributed by atoms with Crippen molar-refractivity contribution in [2.75, 3.05) is 13.1 Å². The predicted molar refractivity (Wildman–Crippen MR) is 48.2 cm³/mol. The minimum absolute atomic E-state index is 0.180. The molecule has 0 aromatic rings. The van der Waals surface area contributed by atoms with E-state index in [4.69, 9.17) is 5.11 Å². The Morgan fingerprint density at radius 2 is 1.73 bits per heavy atom. The zero-order chi connectivity index (χ0) is 11.7. The van der Waals surface area contributed by atoms with E-state index in [0.717, 1.165) is 11.8 Å². The number of hydrogen-bond acceptors (Lipinski definition) is 3. The molecule has 1 saturated heterocycles. The van der Waals surface area contributed by atoms with E-state index in [1.54, 1.807) is 0 Å². The van der Waals surface area contributed by atoms with E-state index < -0.39 is 17.7 Å². The van der Waals surface area contributed by atoms with Crippen molar-refractivity contribution in [1.82, 2.24) is 4.90 Å². The largest absolute Gasteiger partial charge is 0.513 e. The molecule has 1 rings (SSSR count). The smallest absolute Gasteiger partial charge is 0.435 e. The summed E-state index contributed by atoms with van der Waals surface area (Å²) >= 11 is 0. The summed E-state index contributed by atoms with van der Waals surface area (Å²) in [4.78, 5) is 0.923. The third-order valence-corrected chi connectivity index (χ3v) is 2.42. The summed E-state index contributed by atoms with van der Waals surface area (Å²) in [5.41, 5.74) is -3.04. The third kappa shape index (κ3) is 2.43. The minimum atomic E-state index is -4.80. The fraction of sp³-hybridized carbons (Fsp3) is 0.778. The van der Waals surface area contributed by atoms with Gasteiger partial charge in [0.1, 0.15) is 0 Å². The first-order chi connectivity index (χ1) is 6.77. The maximum absolute atomic E-state index is 12.7. The molecule has 0 radical (unpaired) electrons. The van der Waals surface area contributed by atoms with Crippen LogP contribution in [0.3, 0.4) is 0 Å². The predicted octanol–water partition coefficient (Wildman–Crippen LogP) is 1.79. The molecule has 0 aromatic heterocycles. The Hall–Kier alpha value is -0.750. The molecule has 2 N–H and O–H groups in total. The molecule has 0 aliphatic carbocycles. The summed E-state index contributed by atoms with van der Waals surface area (Å²) in [6, 6.07) is 0. The summed E-state index contributed by atoms with van der Waals surface area (Å²) in [5.74, 6) is -0.540. The van der Waals surface area contributed by atoms with Crippen molar-refractivity contribution in [3.8, 4) is 0 Å². The Balaban J connectivity index is 3.00. The van der Waals surface area contributed by atoms with Crippen molar-refractivity contribution in [3.63, 3.8) is 0 Å². The summed E-state index contributed by atoms with van der Waals surface area (Å²) in [5, 5.41) is 18.5. The van der Waals surface area contributed by atoms with Gasteiger partial charge < -0.3 is 10.2 Å². The van der Waals surface area contributed by atoms with Crippen molar-refractivity contribution >= 4 is 0 Å². The quantitative estimate of drug-likeness (QED) is 0.704. The number of halogens is 3. The molecule has 0 bridgehead atoms. The summed E-state index contributed by atoms with van der Waals surface area (Å²) in [6.07, 6.45) is -3.12. The van der Waals surface area contributed by atoms with Crippen molar-refractivity contribution < 1.29 is 23.4 Å². The molecule has 0 spiro atoms. The number of aliphatic hydroxyl groups is 2. The first-order valence-electron chi connectivity index (χ1n) is 4.70. The number of alkyl halides is 3. The molecule has 1 fully saturated rings. The van der Waals surface area contributed by atoms with E-state index in [1.165, 1.54) is 0 Å². The van der Waals surface area contributed by atoms with Crippen LogP contribution in [-0.2, 0) is 0 Å². The van der Waals surface area contributed by atoms with Gasteiger partial charge in [-0.1, -0.05) is 0 Å². The van der Waals surface area contributed by atoms with Crippen LogP contribution in [-0.4, -0.2) is 40.1 Å². The summed E-state index contributed by atoms with van der Waals surface area (Å²) in [7, 11) is 0. The molecule has 1 aliphatic heterocycles.